The summed E-state index contributed by atoms with van der Waals surface area (Å²) in [6.07, 6.45) is 2.64. The van der Waals surface area contributed by atoms with Gasteiger partial charge in [0.1, 0.15) is 42.0 Å². The number of nitrogens with one attached hydrogen (secondary N) is 2. The minimum atomic E-state index is -1.52. The lowest BCUT2D eigenvalue weighted by molar-refractivity contribution is -0.153. The highest BCUT2D eigenvalue weighted by Crippen LogP contribution is 2.29. The molecule has 4 heterocycles. The number of aromatic hydroxyl groups is 1. The normalized spacial score (nSPS) is 24.2. The Labute approximate surface area is 312 Å². The van der Waals surface area contributed by atoms with Crippen molar-refractivity contribution in [1.82, 2.24) is 30.2 Å². The first kappa shape index (κ1) is 39.9. The summed E-state index contributed by atoms with van der Waals surface area (Å²) in [7, 11) is 0. The maximum atomic E-state index is 13.9. The Bertz CT molecular complexity index is 1640. The molecule has 5 rings (SSSR count). The largest absolute Gasteiger partial charge is 0.508 e. The second-order valence-electron chi connectivity index (χ2n) is 14.5. The number of carboxylic acids is 2. The number of carboxylic acid groups (broad SMARTS) is 2. The lowest BCUT2D eigenvalue weighted by atomic mass is 10.0. The van der Waals surface area contributed by atoms with E-state index in [0.717, 1.165) is 0 Å². The van der Waals surface area contributed by atoms with E-state index < -0.39 is 96.1 Å². The van der Waals surface area contributed by atoms with Crippen LogP contribution >= 0.6 is 0 Å². The number of phenols is 1. The van der Waals surface area contributed by atoms with E-state index in [1.165, 1.54) is 38.7 Å². The highest BCUT2D eigenvalue weighted by Gasteiger charge is 2.46. The average molecular weight is 756 g/mol. The van der Waals surface area contributed by atoms with Crippen molar-refractivity contribution >= 4 is 47.4 Å². The third kappa shape index (κ3) is 8.91. The van der Waals surface area contributed by atoms with Gasteiger partial charge in [0.15, 0.2) is 0 Å². The summed E-state index contributed by atoms with van der Waals surface area (Å²) in [5.74, 6) is -5.97. The summed E-state index contributed by atoms with van der Waals surface area (Å²) in [6, 6.07) is -1.45. The van der Waals surface area contributed by atoms with Crippen LogP contribution in [0.4, 0.5) is 0 Å². The van der Waals surface area contributed by atoms with Gasteiger partial charge in [-0.3, -0.25) is 33.6 Å². The number of aliphatic carboxylic acids is 2. The van der Waals surface area contributed by atoms with Crippen molar-refractivity contribution in [1.29, 1.82) is 0 Å². The zero-order valence-electron chi connectivity index (χ0n) is 30.2. The van der Waals surface area contributed by atoms with Crippen LogP contribution in [-0.2, 0) is 44.8 Å². The van der Waals surface area contributed by atoms with Crippen molar-refractivity contribution in [2.24, 2.45) is 5.73 Å². The topological polar surface area (TPSA) is 260 Å². The van der Waals surface area contributed by atoms with Gasteiger partial charge in [-0.1, -0.05) is 12.1 Å². The molecule has 294 valence electrons. The van der Waals surface area contributed by atoms with Gasteiger partial charge in [-0.05, 0) is 82.4 Å². The highest BCUT2D eigenvalue weighted by atomic mass is 16.4. The lowest BCUT2D eigenvalue weighted by Crippen LogP contribution is -2.59. The number of nitrogens with two attached hydrogens (primary N) is 1. The average Bonchev–Trinajstić information content (AvgIpc) is 3.97. The molecule has 0 spiro atoms. The number of carbonyl (C=O) groups is 8. The minimum absolute atomic E-state index is 0.0274. The fraction of sp³-hybridized carbons (Fsp3) is 0.611. The number of carbonyl (C=O) groups excluding carboxylic acids is 6. The van der Waals surface area contributed by atoms with E-state index in [2.05, 4.69) is 10.6 Å². The van der Waals surface area contributed by atoms with Gasteiger partial charge in [0.25, 0.3) is 0 Å². The Hall–Kier alpha value is -5.26. The number of rotatable bonds is 13. The zero-order chi connectivity index (χ0) is 39.3. The third-order valence-electron chi connectivity index (χ3n) is 10.8. The molecule has 0 unspecified atom stereocenters. The summed E-state index contributed by atoms with van der Waals surface area (Å²) in [5.41, 5.74) is 6.68. The van der Waals surface area contributed by atoms with E-state index in [4.69, 9.17) is 5.73 Å². The van der Waals surface area contributed by atoms with E-state index in [-0.39, 0.29) is 31.7 Å². The maximum Gasteiger partial charge on any atom is 0.326 e. The van der Waals surface area contributed by atoms with Crippen LogP contribution in [0.3, 0.4) is 0 Å². The predicted octanol–water partition coefficient (Wildman–Crippen LogP) is -1.23. The van der Waals surface area contributed by atoms with Crippen LogP contribution in [0.15, 0.2) is 24.3 Å². The SMILES string of the molecule is C[C@H](NC(=O)[C@@H]1CCCN1C(=O)[C@H](CC(=O)O)NC(=O)[C@@H](N)Cc1ccc(O)cc1)C(=O)N1CCC[C@H]1C(=O)N1CCC[C@H]1C(=O)N1CCC[C@H]1C(=O)O. The molecule has 4 fully saturated rings. The van der Waals surface area contributed by atoms with Crippen LogP contribution in [0.5, 0.6) is 5.75 Å². The van der Waals surface area contributed by atoms with Gasteiger partial charge in [-0.15, -0.1) is 0 Å². The molecule has 4 aliphatic heterocycles. The molecular weight excluding hydrogens is 706 g/mol. The molecule has 6 amide bonds. The number of likely N-dealkylation sites (tertiary alicyclic amines) is 4. The molecule has 0 aliphatic carbocycles. The number of hydrogen-bond acceptors (Lipinski definition) is 10. The van der Waals surface area contributed by atoms with E-state index in [1.807, 2.05) is 0 Å². The van der Waals surface area contributed by atoms with Gasteiger partial charge < -0.3 is 51.3 Å². The van der Waals surface area contributed by atoms with Gasteiger partial charge in [0.05, 0.1) is 12.5 Å². The van der Waals surface area contributed by atoms with Gasteiger partial charge in [0, 0.05) is 26.2 Å². The molecule has 4 saturated heterocycles. The molecule has 0 saturated carbocycles. The number of amides is 6. The Morgan fingerprint density at radius 3 is 1.74 bits per heavy atom. The van der Waals surface area contributed by atoms with Crippen molar-refractivity contribution < 1.29 is 53.7 Å². The third-order valence-corrected chi connectivity index (χ3v) is 10.8. The fourth-order valence-corrected chi connectivity index (χ4v) is 8.00. The first-order valence-corrected chi connectivity index (χ1v) is 18.5. The number of phenolic OH excluding ortho intramolecular Hbond substituents is 1. The molecule has 0 radical (unpaired) electrons. The quantitative estimate of drug-likeness (QED) is 0.138. The Morgan fingerprint density at radius 1 is 0.704 bits per heavy atom. The molecule has 0 aromatic heterocycles. The van der Waals surface area contributed by atoms with E-state index >= 15 is 0 Å². The van der Waals surface area contributed by atoms with E-state index in [0.29, 0.717) is 63.6 Å². The molecule has 7 N–H and O–H groups in total. The number of benzene rings is 1. The second-order valence-corrected chi connectivity index (χ2v) is 14.5. The minimum Gasteiger partial charge on any atom is -0.508 e. The molecule has 0 bridgehead atoms. The molecule has 18 nitrogen and oxygen atoms in total. The standard InChI is InChI=1S/C36H49N7O11/c1-20(32(49)41-15-3-7-26(41)34(51)42-16-4-8-27(42)35(52)43-17-5-9-28(43)36(53)54)38-31(48)25-6-2-14-40(25)33(50)24(19-29(45)46)39-30(47)23(37)18-21-10-12-22(44)13-11-21/h10-13,20,23-28,44H,2-9,14-19,37H2,1H3,(H,38,48)(H,39,47)(H,45,46)(H,53,54)/t20-,23-,24-,25-,26-,27-,28-/m0/s1. The van der Waals surface area contributed by atoms with Crippen molar-refractivity contribution in [3.05, 3.63) is 29.8 Å². The predicted molar refractivity (Wildman–Crippen MR) is 188 cm³/mol. The number of nitrogens with zero attached hydrogens (tertiary/aromatic N) is 4. The van der Waals surface area contributed by atoms with Gasteiger partial charge in [0.2, 0.25) is 35.4 Å². The first-order valence-electron chi connectivity index (χ1n) is 18.5. The van der Waals surface area contributed by atoms with Crippen LogP contribution in [0, 0.1) is 0 Å². The summed E-state index contributed by atoms with van der Waals surface area (Å²) >= 11 is 0. The Balaban J connectivity index is 1.19. The van der Waals surface area contributed by atoms with Crippen LogP contribution in [0.1, 0.15) is 70.3 Å². The monoisotopic (exact) mass is 755 g/mol. The molecular formula is C36H49N7O11. The molecule has 1 aromatic rings. The molecule has 18 heteroatoms. The maximum absolute atomic E-state index is 13.9. The van der Waals surface area contributed by atoms with Gasteiger partial charge in [-0.2, -0.15) is 0 Å². The Kier molecular flexibility index (Phi) is 12.8. The molecule has 4 aliphatic rings. The van der Waals surface area contributed by atoms with Crippen LogP contribution in [-0.4, -0.2) is 151 Å². The van der Waals surface area contributed by atoms with Crippen molar-refractivity contribution in [3.8, 4) is 5.75 Å². The van der Waals surface area contributed by atoms with Crippen molar-refractivity contribution in [2.45, 2.75) is 113 Å². The van der Waals surface area contributed by atoms with E-state index in [9.17, 15) is 53.7 Å². The summed E-state index contributed by atoms with van der Waals surface area (Å²) in [6.45, 7) is 2.41. The highest BCUT2D eigenvalue weighted by molar-refractivity contribution is 5.98. The van der Waals surface area contributed by atoms with E-state index in [1.54, 1.807) is 12.1 Å². The second kappa shape index (κ2) is 17.3. The van der Waals surface area contributed by atoms with Crippen LogP contribution < -0.4 is 16.4 Å². The lowest BCUT2D eigenvalue weighted by Gasteiger charge is -2.34. The van der Waals surface area contributed by atoms with Crippen LogP contribution in [0.25, 0.3) is 0 Å². The zero-order valence-corrected chi connectivity index (χ0v) is 30.2. The van der Waals surface area contributed by atoms with Gasteiger partial charge in [-0.25, -0.2) is 4.79 Å². The van der Waals surface area contributed by atoms with Crippen molar-refractivity contribution in [3.63, 3.8) is 0 Å². The van der Waals surface area contributed by atoms with Crippen molar-refractivity contribution in [2.75, 3.05) is 26.2 Å². The Morgan fingerprint density at radius 2 is 1.19 bits per heavy atom. The molecule has 7 atom stereocenters. The summed E-state index contributed by atoms with van der Waals surface area (Å²) in [5, 5.41) is 33.7. The summed E-state index contributed by atoms with van der Waals surface area (Å²) in [4.78, 5) is 110. The summed E-state index contributed by atoms with van der Waals surface area (Å²) < 4.78 is 0. The molecule has 1 aromatic carbocycles. The first-order chi connectivity index (χ1) is 25.7. The molecule has 54 heavy (non-hydrogen) atoms. The van der Waals surface area contributed by atoms with Gasteiger partial charge >= 0.3 is 11.9 Å². The smallest absolute Gasteiger partial charge is 0.326 e. The number of hydrogen-bond donors (Lipinski definition) is 6. The van der Waals surface area contributed by atoms with Crippen LogP contribution in [0.2, 0.25) is 0 Å². The fourth-order valence-electron chi connectivity index (χ4n) is 8.00.